The Morgan fingerprint density at radius 1 is 0.800 bits per heavy atom. The van der Waals surface area contributed by atoms with Gasteiger partial charge in [-0.05, 0) is 12.8 Å². The Morgan fingerprint density at radius 3 is 1.53 bits per heavy atom. The smallest absolute Gasteiger partial charge is 0.0179 e. The summed E-state index contributed by atoms with van der Waals surface area (Å²) in [5.41, 5.74) is 1.65. The second-order valence-corrected chi connectivity index (χ2v) is 13.4. The standard InChI is InChI=1S/C9H20Br4Si2/c10-3-1-8(12)5-14-7-15-6-9(13)2-4-11/h8-9H,1-7,14-15H2. The minimum atomic E-state index is 0.248. The van der Waals surface area contributed by atoms with Crippen molar-refractivity contribution in [2.24, 2.45) is 0 Å². The van der Waals surface area contributed by atoms with E-state index < -0.39 is 0 Å². The number of rotatable bonds is 10. The molecule has 0 radical (unpaired) electrons. The lowest BCUT2D eigenvalue weighted by atomic mass is 10.4. The average molecular weight is 504 g/mol. The molecule has 0 aliphatic carbocycles. The van der Waals surface area contributed by atoms with Gasteiger partial charge in [0.25, 0.3) is 0 Å². The van der Waals surface area contributed by atoms with Gasteiger partial charge in [0.1, 0.15) is 0 Å². The third-order valence-electron chi connectivity index (χ3n) is 2.38. The zero-order chi connectivity index (χ0) is 11.5. The number of hydrogen-bond acceptors (Lipinski definition) is 0. The van der Waals surface area contributed by atoms with Crippen molar-refractivity contribution in [1.82, 2.24) is 0 Å². The molecule has 0 aliphatic heterocycles. The molecule has 0 spiro atoms. The molecule has 0 saturated heterocycles. The van der Waals surface area contributed by atoms with Crippen LogP contribution in [0, 0.1) is 0 Å². The van der Waals surface area contributed by atoms with Gasteiger partial charge in [0, 0.05) is 39.4 Å². The maximum Gasteiger partial charge on any atom is 0.0179 e. The Kier molecular flexibility index (Phi) is 14.8. The highest BCUT2D eigenvalue weighted by molar-refractivity contribution is 9.10. The molecule has 0 bridgehead atoms. The van der Waals surface area contributed by atoms with E-state index >= 15 is 0 Å². The summed E-state index contributed by atoms with van der Waals surface area (Å²) >= 11 is 14.5. The highest BCUT2D eigenvalue weighted by atomic mass is 79.9. The SMILES string of the molecule is BrCCC(Br)C[SiH2]C[SiH2]CC(Br)CCBr. The van der Waals surface area contributed by atoms with E-state index in [1.54, 1.807) is 5.67 Å². The lowest BCUT2D eigenvalue weighted by Gasteiger charge is -2.08. The topological polar surface area (TPSA) is 0 Å². The van der Waals surface area contributed by atoms with Gasteiger partial charge in [0.2, 0.25) is 0 Å². The van der Waals surface area contributed by atoms with E-state index in [9.17, 15) is 0 Å². The van der Waals surface area contributed by atoms with Gasteiger partial charge in [-0.1, -0.05) is 81.5 Å². The third kappa shape index (κ3) is 12.6. The molecule has 2 unspecified atom stereocenters. The minimum Gasteiger partial charge on any atom is -0.0928 e. The van der Waals surface area contributed by atoms with Crippen molar-refractivity contribution >= 4 is 82.8 Å². The summed E-state index contributed by atoms with van der Waals surface area (Å²) in [6, 6.07) is 2.98. The van der Waals surface area contributed by atoms with Crippen LogP contribution < -0.4 is 0 Å². The van der Waals surface area contributed by atoms with Crippen LogP contribution in [0.5, 0.6) is 0 Å². The van der Waals surface area contributed by atoms with E-state index in [4.69, 9.17) is 0 Å². The van der Waals surface area contributed by atoms with Gasteiger partial charge in [-0.2, -0.15) is 0 Å². The second kappa shape index (κ2) is 12.8. The van der Waals surface area contributed by atoms with Crippen molar-refractivity contribution in [3.05, 3.63) is 0 Å². The van der Waals surface area contributed by atoms with Gasteiger partial charge in [-0.3, -0.25) is 0 Å². The zero-order valence-electron chi connectivity index (χ0n) is 9.03. The molecule has 0 aromatic carbocycles. The molecular formula is C9H20Br4Si2. The summed E-state index contributed by atoms with van der Waals surface area (Å²) < 4.78 is 0. The van der Waals surface area contributed by atoms with E-state index in [1.165, 1.54) is 24.9 Å². The first kappa shape index (κ1) is 17.4. The zero-order valence-corrected chi connectivity index (χ0v) is 18.2. The van der Waals surface area contributed by atoms with Gasteiger partial charge < -0.3 is 0 Å². The Morgan fingerprint density at radius 2 is 1.20 bits per heavy atom. The maximum atomic E-state index is 3.75. The lowest BCUT2D eigenvalue weighted by Crippen LogP contribution is -2.08. The minimum absolute atomic E-state index is 0.248. The Bertz CT molecular complexity index is 123. The predicted molar refractivity (Wildman–Crippen MR) is 93.8 cm³/mol. The molecule has 0 N–H and O–H groups in total. The van der Waals surface area contributed by atoms with E-state index in [-0.39, 0.29) is 19.0 Å². The van der Waals surface area contributed by atoms with Crippen LogP contribution in [0.25, 0.3) is 0 Å². The molecule has 0 aromatic rings. The molecular weight excluding hydrogens is 484 g/mol. The molecule has 0 rings (SSSR count). The van der Waals surface area contributed by atoms with Gasteiger partial charge in [-0.25, -0.2) is 0 Å². The molecule has 0 aliphatic rings. The number of halogens is 4. The van der Waals surface area contributed by atoms with Crippen molar-refractivity contribution < 1.29 is 0 Å². The van der Waals surface area contributed by atoms with Crippen LogP contribution >= 0.6 is 63.7 Å². The molecule has 0 heterocycles. The molecule has 15 heavy (non-hydrogen) atoms. The summed E-state index contributed by atoms with van der Waals surface area (Å²) in [4.78, 5) is 1.58. The fourth-order valence-corrected chi connectivity index (χ4v) is 11.4. The quantitative estimate of drug-likeness (QED) is 0.243. The van der Waals surface area contributed by atoms with Crippen LogP contribution in [0.15, 0.2) is 0 Å². The molecule has 92 valence electrons. The number of hydrogen-bond donors (Lipinski definition) is 0. The molecule has 0 amide bonds. The Hall–Kier alpha value is 2.35. The maximum absolute atomic E-state index is 3.75. The summed E-state index contributed by atoms with van der Waals surface area (Å²) in [6.45, 7) is 0. The van der Waals surface area contributed by atoms with E-state index in [1.807, 2.05) is 0 Å². The normalized spacial score (nSPS) is 16.8. The highest BCUT2D eigenvalue weighted by Crippen LogP contribution is 2.14. The summed E-state index contributed by atoms with van der Waals surface area (Å²) in [5.74, 6) is 0. The average Bonchev–Trinajstić information content (AvgIpc) is 2.18. The fraction of sp³-hybridized carbons (Fsp3) is 1.00. The third-order valence-corrected chi connectivity index (χ3v) is 13.0. The lowest BCUT2D eigenvalue weighted by molar-refractivity contribution is 0.927. The first-order valence-electron chi connectivity index (χ1n) is 5.60. The second-order valence-electron chi connectivity index (χ2n) is 3.79. The van der Waals surface area contributed by atoms with E-state index in [0.29, 0.717) is 0 Å². The molecule has 0 saturated carbocycles. The van der Waals surface area contributed by atoms with Crippen LogP contribution in [0.3, 0.4) is 0 Å². The van der Waals surface area contributed by atoms with Crippen LogP contribution in [0.2, 0.25) is 17.8 Å². The summed E-state index contributed by atoms with van der Waals surface area (Å²) in [5, 5.41) is 2.28. The van der Waals surface area contributed by atoms with Crippen molar-refractivity contribution in [2.45, 2.75) is 40.3 Å². The van der Waals surface area contributed by atoms with E-state index in [0.717, 1.165) is 20.3 Å². The summed E-state index contributed by atoms with van der Waals surface area (Å²) in [7, 11) is 0.496. The molecule has 0 aromatic heterocycles. The largest absolute Gasteiger partial charge is 0.0928 e. The number of alkyl halides is 4. The summed E-state index contributed by atoms with van der Waals surface area (Å²) in [6.07, 6.45) is 2.58. The predicted octanol–water partition coefficient (Wildman–Crippen LogP) is 3.63. The van der Waals surface area contributed by atoms with Crippen LogP contribution in [0.1, 0.15) is 12.8 Å². The highest BCUT2D eigenvalue weighted by Gasteiger charge is 2.05. The van der Waals surface area contributed by atoms with E-state index in [2.05, 4.69) is 63.7 Å². The molecule has 0 fully saturated rings. The van der Waals surface area contributed by atoms with Crippen LogP contribution in [-0.4, -0.2) is 39.4 Å². The fourth-order valence-electron chi connectivity index (χ4n) is 1.43. The van der Waals surface area contributed by atoms with Gasteiger partial charge in [-0.15, -0.1) is 0 Å². The van der Waals surface area contributed by atoms with Crippen molar-refractivity contribution in [1.29, 1.82) is 0 Å². The molecule has 6 heteroatoms. The Labute approximate surface area is 132 Å². The van der Waals surface area contributed by atoms with Crippen molar-refractivity contribution in [3.8, 4) is 0 Å². The first-order chi connectivity index (χ1) is 7.20. The van der Waals surface area contributed by atoms with Gasteiger partial charge in [0.05, 0.1) is 0 Å². The molecule has 2 atom stereocenters. The molecule has 0 nitrogen and oxygen atoms in total. The van der Waals surface area contributed by atoms with Crippen LogP contribution in [-0.2, 0) is 0 Å². The van der Waals surface area contributed by atoms with Crippen molar-refractivity contribution in [2.75, 3.05) is 10.7 Å². The van der Waals surface area contributed by atoms with Crippen molar-refractivity contribution in [3.63, 3.8) is 0 Å². The monoisotopic (exact) mass is 500 g/mol. The van der Waals surface area contributed by atoms with Gasteiger partial charge >= 0.3 is 0 Å². The van der Waals surface area contributed by atoms with Gasteiger partial charge in [0.15, 0.2) is 0 Å². The first-order valence-corrected chi connectivity index (χ1v) is 13.7. The van der Waals surface area contributed by atoms with Crippen LogP contribution in [0.4, 0.5) is 0 Å². The Balaban J connectivity index is 3.17.